The highest BCUT2D eigenvalue weighted by molar-refractivity contribution is 5.85. The summed E-state index contributed by atoms with van der Waals surface area (Å²) in [7, 11) is 1.57. The average molecular weight is 651 g/mol. The molecule has 0 bridgehead atoms. The summed E-state index contributed by atoms with van der Waals surface area (Å²) in [5, 5.41) is 11.0. The standard InChI is InChI=1S/C19H16O5.C17H12O5.C2H6/c1-3-11-6-13-16(8-14(11)20)24-10(2)18(19(13)21)12-4-5-15-17(7-12)23-9-22-15;1-19-11-3-4-12-15(7-11)20-8-13(17(12)18)10-2-5-14-16(6-10)22-9-21-14;1-2/h4-8,20H,3,9H2,1-2H3;2-8H,9H2,1H3;1-2H3. The van der Waals surface area contributed by atoms with Gasteiger partial charge in [0.15, 0.2) is 28.4 Å². The lowest BCUT2D eigenvalue weighted by Gasteiger charge is -2.09. The van der Waals surface area contributed by atoms with E-state index in [1.807, 2.05) is 32.9 Å². The highest BCUT2D eigenvalue weighted by atomic mass is 16.7. The van der Waals surface area contributed by atoms with E-state index < -0.39 is 0 Å². The largest absolute Gasteiger partial charge is 0.508 e. The Morgan fingerprint density at radius 1 is 0.729 bits per heavy atom. The molecule has 10 nitrogen and oxygen atoms in total. The van der Waals surface area contributed by atoms with E-state index in [1.54, 1.807) is 62.6 Å². The van der Waals surface area contributed by atoms with E-state index >= 15 is 0 Å². The lowest BCUT2D eigenvalue weighted by Crippen LogP contribution is -2.08. The molecule has 1 N–H and O–H groups in total. The number of phenols is 1. The van der Waals surface area contributed by atoms with E-state index in [4.69, 9.17) is 32.5 Å². The van der Waals surface area contributed by atoms with E-state index in [1.165, 1.54) is 12.3 Å². The van der Waals surface area contributed by atoms with Gasteiger partial charge in [-0.3, -0.25) is 9.59 Å². The summed E-state index contributed by atoms with van der Waals surface area (Å²) >= 11 is 0. The van der Waals surface area contributed by atoms with Gasteiger partial charge in [-0.1, -0.05) is 32.9 Å². The second-order valence-electron chi connectivity index (χ2n) is 10.7. The summed E-state index contributed by atoms with van der Waals surface area (Å²) in [4.78, 5) is 25.7. The summed E-state index contributed by atoms with van der Waals surface area (Å²) in [6, 6.07) is 19.1. The van der Waals surface area contributed by atoms with Crippen LogP contribution in [0.25, 0.3) is 44.2 Å². The zero-order valence-electron chi connectivity index (χ0n) is 27.2. The van der Waals surface area contributed by atoms with Gasteiger partial charge < -0.3 is 37.6 Å². The topological polar surface area (TPSA) is 127 Å². The maximum Gasteiger partial charge on any atom is 0.231 e. The Labute approximate surface area is 275 Å². The first kappa shape index (κ1) is 32.1. The van der Waals surface area contributed by atoms with Crippen molar-refractivity contribution in [1.82, 2.24) is 0 Å². The summed E-state index contributed by atoms with van der Waals surface area (Å²) < 4.78 is 37.8. The summed E-state index contributed by atoms with van der Waals surface area (Å²) in [6.45, 7) is 8.05. The van der Waals surface area contributed by atoms with Crippen LogP contribution < -0.4 is 34.5 Å². The smallest absolute Gasteiger partial charge is 0.231 e. The van der Waals surface area contributed by atoms with Crippen LogP contribution in [0.2, 0.25) is 0 Å². The fraction of sp³-hybridized carbons (Fsp3) is 0.211. The van der Waals surface area contributed by atoms with Gasteiger partial charge in [0.05, 0.1) is 29.0 Å². The van der Waals surface area contributed by atoms with Crippen LogP contribution in [0.1, 0.15) is 32.1 Å². The number of aromatic hydroxyl groups is 1. The third kappa shape index (κ3) is 5.88. The van der Waals surface area contributed by atoms with Gasteiger partial charge >= 0.3 is 0 Å². The number of aryl methyl sites for hydroxylation is 2. The third-order valence-corrected chi connectivity index (χ3v) is 7.98. The normalized spacial score (nSPS) is 12.3. The Morgan fingerprint density at radius 2 is 1.38 bits per heavy atom. The van der Waals surface area contributed by atoms with Crippen LogP contribution >= 0.6 is 0 Å². The second-order valence-corrected chi connectivity index (χ2v) is 10.7. The molecule has 48 heavy (non-hydrogen) atoms. The van der Waals surface area contributed by atoms with Crippen molar-refractivity contribution < 1.29 is 37.6 Å². The van der Waals surface area contributed by atoms with Crippen molar-refractivity contribution in [3.8, 4) is 56.8 Å². The average Bonchev–Trinajstić information content (AvgIpc) is 3.78. The van der Waals surface area contributed by atoms with Crippen molar-refractivity contribution in [1.29, 1.82) is 0 Å². The van der Waals surface area contributed by atoms with Crippen LogP contribution in [0.15, 0.2) is 91.4 Å². The molecule has 0 fully saturated rings. The molecule has 2 aliphatic heterocycles. The molecule has 6 aromatic rings. The molecule has 0 atom stereocenters. The van der Waals surface area contributed by atoms with Crippen molar-refractivity contribution in [2.75, 3.05) is 20.7 Å². The number of rotatable bonds is 4. The van der Waals surface area contributed by atoms with Gasteiger partial charge in [0, 0.05) is 12.1 Å². The zero-order chi connectivity index (χ0) is 33.9. The Morgan fingerprint density at radius 3 is 2.04 bits per heavy atom. The second kappa shape index (κ2) is 13.4. The molecule has 10 heteroatoms. The van der Waals surface area contributed by atoms with E-state index in [0.29, 0.717) is 74.0 Å². The van der Waals surface area contributed by atoms with Gasteiger partial charge in [-0.2, -0.15) is 0 Å². The molecule has 0 amide bonds. The molecular weight excluding hydrogens is 616 g/mol. The minimum Gasteiger partial charge on any atom is -0.508 e. The predicted octanol–water partition coefficient (Wildman–Crippen LogP) is 7.99. The molecule has 2 aromatic heterocycles. The molecule has 2 aliphatic rings. The molecule has 4 heterocycles. The van der Waals surface area contributed by atoms with Crippen molar-refractivity contribution in [3.63, 3.8) is 0 Å². The van der Waals surface area contributed by atoms with Crippen LogP contribution in [-0.4, -0.2) is 25.8 Å². The van der Waals surface area contributed by atoms with Crippen LogP contribution in [0.3, 0.4) is 0 Å². The number of methoxy groups -OCH3 is 1. The SMILES string of the molecule is CC.CCc1cc2c(=O)c(-c3ccc4c(c3)OCO4)c(C)oc2cc1O.COc1ccc2c(=O)c(-c3ccc4c(c3)OCO4)coc2c1. The first-order chi connectivity index (χ1) is 23.3. The lowest BCUT2D eigenvalue weighted by molar-refractivity contribution is 0.173. The Kier molecular flexibility index (Phi) is 8.98. The Balaban J connectivity index is 0.000000160. The third-order valence-electron chi connectivity index (χ3n) is 7.98. The minimum atomic E-state index is -0.123. The van der Waals surface area contributed by atoms with Gasteiger partial charge in [-0.25, -0.2) is 0 Å². The number of phenolic OH excluding ortho intramolecular Hbond substituents is 1. The maximum absolute atomic E-state index is 13.0. The predicted molar refractivity (Wildman–Crippen MR) is 182 cm³/mol. The fourth-order valence-electron chi connectivity index (χ4n) is 5.55. The molecule has 0 saturated carbocycles. The molecule has 0 unspecified atom stereocenters. The van der Waals surface area contributed by atoms with E-state index in [0.717, 1.165) is 16.7 Å². The molecule has 0 spiro atoms. The highest BCUT2D eigenvalue weighted by Gasteiger charge is 2.20. The highest BCUT2D eigenvalue weighted by Crippen LogP contribution is 2.37. The number of hydrogen-bond donors (Lipinski definition) is 1. The first-order valence-corrected chi connectivity index (χ1v) is 15.5. The minimum absolute atomic E-state index is 0.0947. The van der Waals surface area contributed by atoms with Crippen LogP contribution in [0.4, 0.5) is 0 Å². The monoisotopic (exact) mass is 650 g/mol. The van der Waals surface area contributed by atoms with E-state index in [-0.39, 0.29) is 30.2 Å². The number of benzene rings is 4. The lowest BCUT2D eigenvalue weighted by atomic mass is 10.0. The fourth-order valence-corrected chi connectivity index (χ4v) is 5.55. The molecular formula is C38H34O10. The Hall–Kier alpha value is -5.90. The summed E-state index contributed by atoms with van der Waals surface area (Å²) in [6.07, 6.45) is 2.09. The van der Waals surface area contributed by atoms with Gasteiger partial charge in [0.1, 0.15) is 34.7 Å². The van der Waals surface area contributed by atoms with Crippen LogP contribution in [-0.2, 0) is 6.42 Å². The molecule has 8 rings (SSSR count). The van der Waals surface area contributed by atoms with Crippen molar-refractivity contribution in [2.24, 2.45) is 0 Å². The van der Waals surface area contributed by atoms with E-state index in [9.17, 15) is 14.7 Å². The summed E-state index contributed by atoms with van der Waals surface area (Å²) in [5.41, 5.74) is 3.81. The summed E-state index contributed by atoms with van der Waals surface area (Å²) in [5.74, 6) is 3.88. The quantitative estimate of drug-likeness (QED) is 0.201. The number of ether oxygens (including phenoxy) is 5. The van der Waals surface area contributed by atoms with Gasteiger partial charge in [0.25, 0.3) is 0 Å². The maximum atomic E-state index is 13.0. The van der Waals surface area contributed by atoms with E-state index in [2.05, 4.69) is 0 Å². The van der Waals surface area contributed by atoms with Gasteiger partial charge in [-0.15, -0.1) is 0 Å². The van der Waals surface area contributed by atoms with Crippen LogP contribution in [0, 0.1) is 6.92 Å². The molecule has 0 radical (unpaired) electrons. The van der Waals surface area contributed by atoms with Gasteiger partial charge in [-0.05, 0) is 72.5 Å². The van der Waals surface area contributed by atoms with Crippen LogP contribution in [0.5, 0.6) is 34.5 Å². The van der Waals surface area contributed by atoms with Gasteiger partial charge in [0.2, 0.25) is 19.0 Å². The van der Waals surface area contributed by atoms with Crippen molar-refractivity contribution >= 4 is 21.9 Å². The molecule has 0 aliphatic carbocycles. The molecule has 246 valence electrons. The zero-order valence-corrected chi connectivity index (χ0v) is 27.2. The van der Waals surface area contributed by atoms with Crippen molar-refractivity contribution in [2.45, 2.75) is 34.1 Å². The Bertz CT molecular complexity index is 2260. The first-order valence-electron chi connectivity index (χ1n) is 15.5. The molecule has 4 aromatic carbocycles. The number of hydrogen-bond acceptors (Lipinski definition) is 10. The number of fused-ring (bicyclic) bond motifs is 4. The van der Waals surface area contributed by atoms with Crippen molar-refractivity contribution in [3.05, 3.63) is 105 Å². The molecule has 0 saturated heterocycles.